The molecule has 0 saturated carbocycles. The summed E-state index contributed by atoms with van der Waals surface area (Å²) in [6.07, 6.45) is -0.993. The Kier molecular flexibility index (Phi) is 5.30. The van der Waals surface area contributed by atoms with Gasteiger partial charge in [0.05, 0.1) is 4.92 Å². The lowest BCUT2D eigenvalue weighted by Gasteiger charge is -2.01. The lowest BCUT2D eigenvalue weighted by Crippen LogP contribution is -2.07. The topological polar surface area (TPSA) is 84.7 Å². The van der Waals surface area contributed by atoms with Crippen LogP contribution in [0, 0.1) is 10.1 Å². The van der Waals surface area contributed by atoms with E-state index in [9.17, 15) is 23.3 Å². The molecule has 2 rings (SSSR count). The van der Waals surface area contributed by atoms with Gasteiger partial charge in [0.15, 0.2) is 0 Å². The molecule has 2 aromatic rings. The highest BCUT2D eigenvalue weighted by atomic mass is 19.4. The highest BCUT2D eigenvalue weighted by Gasteiger charge is 2.35. The number of unbranched alkanes of at least 4 members (excludes halogenated alkanes) is 2. The van der Waals surface area contributed by atoms with Gasteiger partial charge in [-0.05, 0) is 24.8 Å². The van der Waals surface area contributed by atoms with Crippen molar-refractivity contribution in [3.05, 3.63) is 51.6 Å². The molecule has 0 fully saturated rings. The Morgan fingerprint density at radius 3 is 2.30 bits per heavy atom. The van der Waals surface area contributed by atoms with E-state index >= 15 is 0 Å². The Morgan fingerprint density at radius 2 is 1.74 bits per heavy atom. The largest absolute Gasteiger partial charge is 0.453 e. The van der Waals surface area contributed by atoms with Crippen LogP contribution in [0.4, 0.5) is 18.9 Å². The number of nitrogens with zero attached hydrogens (tertiary/aromatic N) is 3. The zero-order chi connectivity index (χ0) is 16.9. The molecule has 0 aliphatic carbocycles. The number of hydrogen-bond donors (Lipinski definition) is 1. The van der Waals surface area contributed by atoms with Crippen LogP contribution in [-0.2, 0) is 19.0 Å². The van der Waals surface area contributed by atoms with E-state index in [2.05, 4.69) is 15.2 Å². The van der Waals surface area contributed by atoms with Crippen molar-refractivity contribution in [2.45, 2.75) is 38.3 Å². The average Bonchev–Trinajstić information content (AvgIpc) is 2.96. The van der Waals surface area contributed by atoms with Crippen molar-refractivity contribution in [3.63, 3.8) is 0 Å². The van der Waals surface area contributed by atoms with Gasteiger partial charge in [0, 0.05) is 18.6 Å². The van der Waals surface area contributed by atoms with Gasteiger partial charge in [0.25, 0.3) is 11.5 Å². The molecule has 6 nitrogen and oxygen atoms in total. The quantitative estimate of drug-likeness (QED) is 0.477. The highest BCUT2D eigenvalue weighted by molar-refractivity contribution is 5.32. The molecule has 0 aliphatic heterocycles. The number of nitrogens with one attached hydrogen (secondary N) is 1. The number of halogens is 3. The number of benzene rings is 1. The third-order valence-corrected chi connectivity index (χ3v) is 3.31. The number of non-ortho nitro benzene ring substituents is 1. The molecule has 1 aromatic carbocycles. The van der Waals surface area contributed by atoms with Crippen LogP contribution in [-0.4, -0.2) is 20.1 Å². The second-order valence-electron chi connectivity index (χ2n) is 5.09. The molecule has 0 aliphatic rings. The van der Waals surface area contributed by atoms with Gasteiger partial charge >= 0.3 is 6.18 Å². The van der Waals surface area contributed by atoms with E-state index in [0.717, 1.165) is 24.8 Å². The number of hydrogen-bond acceptors (Lipinski definition) is 4. The molecule has 9 heteroatoms. The Bertz CT molecular complexity index is 653. The van der Waals surface area contributed by atoms with Gasteiger partial charge in [0.2, 0.25) is 0 Å². The van der Waals surface area contributed by atoms with E-state index in [1.165, 1.54) is 12.1 Å². The van der Waals surface area contributed by atoms with Gasteiger partial charge in [0.1, 0.15) is 5.82 Å². The predicted molar refractivity (Wildman–Crippen MR) is 75.7 cm³/mol. The van der Waals surface area contributed by atoms with E-state index in [1.807, 2.05) is 0 Å². The van der Waals surface area contributed by atoms with Crippen LogP contribution in [0.5, 0.6) is 0 Å². The molecule has 0 bridgehead atoms. The summed E-state index contributed by atoms with van der Waals surface area (Å²) in [4.78, 5) is 13.5. The molecule has 1 heterocycles. The number of alkyl halides is 3. The molecule has 1 N–H and O–H groups in total. The molecule has 1 aromatic heterocycles. The van der Waals surface area contributed by atoms with Crippen molar-refractivity contribution >= 4 is 5.69 Å². The summed E-state index contributed by atoms with van der Waals surface area (Å²) in [5.74, 6) is -0.911. The Hall–Kier alpha value is -2.45. The molecule has 0 atom stereocenters. The third-order valence-electron chi connectivity index (χ3n) is 3.31. The summed E-state index contributed by atoms with van der Waals surface area (Å²) in [6.45, 7) is 0. The maximum absolute atomic E-state index is 12.3. The number of rotatable bonds is 7. The fraction of sp³-hybridized carbons (Fsp3) is 0.429. The Morgan fingerprint density at radius 1 is 1.09 bits per heavy atom. The van der Waals surface area contributed by atoms with Gasteiger partial charge in [-0.2, -0.15) is 13.2 Å². The summed E-state index contributed by atoms with van der Waals surface area (Å²) in [5, 5.41) is 16.0. The number of aryl methyl sites for hydroxylation is 2. The minimum absolute atomic E-state index is 0.0551. The molecule has 0 saturated heterocycles. The summed E-state index contributed by atoms with van der Waals surface area (Å²) in [7, 11) is 0. The van der Waals surface area contributed by atoms with Crippen LogP contribution in [0.25, 0.3) is 0 Å². The fourth-order valence-electron chi connectivity index (χ4n) is 2.12. The van der Waals surface area contributed by atoms with Crippen molar-refractivity contribution in [1.82, 2.24) is 15.2 Å². The van der Waals surface area contributed by atoms with Gasteiger partial charge < -0.3 is 0 Å². The molecular formula is C14H15F3N4O2. The van der Waals surface area contributed by atoms with Crippen LogP contribution < -0.4 is 0 Å². The number of aromatic nitrogens is 3. The third kappa shape index (κ3) is 5.04. The normalized spacial score (nSPS) is 11.6. The second kappa shape index (κ2) is 7.21. The minimum Gasteiger partial charge on any atom is -0.263 e. The summed E-state index contributed by atoms with van der Waals surface area (Å²) < 4.78 is 37.0. The zero-order valence-electron chi connectivity index (χ0n) is 12.1. The Labute approximate surface area is 129 Å². The van der Waals surface area contributed by atoms with Crippen LogP contribution in [0.2, 0.25) is 0 Å². The molecule has 23 heavy (non-hydrogen) atoms. The van der Waals surface area contributed by atoms with E-state index in [4.69, 9.17) is 0 Å². The molecule has 124 valence electrons. The van der Waals surface area contributed by atoms with Crippen molar-refractivity contribution in [2.24, 2.45) is 0 Å². The van der Waals surface area contributed by atoms with Gasteiger partial charge in [-0.15, -0.1) is 5.10 Å². The van der Waals surface area contributed by atoms with Gasteiger partial charge in [-0.3, -0.25) is 15.2 Å². The predicted octanol–water partition coefficient (Wildman–Crippen LogP) is 3.69. The van der Waals surface area contributed by atoms with Crippen LogP contribution in [0.1, 0.15) is 36.5 Å². The summed E-state index contributed by atoms with van der Waals surface area (Å²) in [6, 6.07) is 6.35. The van der Waals surface area contributed by atoms with Crippen LogP contribution in [0.15, 0.2) is 24.3 Å². The van der Waals surface area contributed by atoms with Gasteiger partial charge in [-0.25, -0.2) is 4.98 Å². The average molecular weight is 328 g/mol. The number of nitro groups is 1. The molecule has 0 spiro atoms. The molecule has 0 amide bonds. The number of aromatic amines is 1. The van der Waals surface area contributed by atoms with Crippen molar-refractivity contribution in [2.75, 3.05) is 0 Å². The monoisotopic (exact) mass is 328 g/mol. The summed E-state index contributed by atoms with van der Waals surface area (Å²) in [5.41, 5.74) is 1.05. The van der Waals surface area contributed by atoms with Gasteiger partial charge in [-0.1, -0.05) is 18.6 Å². The maximum Gasteiger partial charge on any atom is 0.453 e. The van der Waals surface area contributed by atoms with E-state index < -0.39 is 16.9 Å². The smallest absolute Gasteiger partial charge is 0.263 e. The lowest BCUT2D eigenvalue weighted by atomic mass is 10.1. The minimum atomic E-state index is -4.52. The molecular weight excluding hydrogens is 313 g/mol. The first-order chi connectivity index (χ1) is 10.9. The lowest BCUT2D eigenvalue weighted by molar-refractivity contribution is -0.384. The van der Waals surface area contributed by atoms with Crippen molar-refractivity contribution in [1.29, 1.82) is 0 Å². The molecule has 0 radical (unpaired) electrons. The zero-order valence-corrected chi connectivity index (χ0v) is 12.1. The van der Waals surface area contributed by atoms with Crippen molar-refractivity contribution < 1.29 is 18.1 Å². The van der Waals surface area contributed by atoms with Crippen LogP contribution in [0.3, 0.4) is 0 Å². The second-order valence-corrected chi connectivity index (χ2v) is 5.09. The standard InChI is InChI=1S/C14H15F3N4O2/c15-14(16,17)13-18-12(19-20-13)5-3-1-2-4-10-6-8-11(9-7-10)21(22)23/h6-9H,1-5H2,(H,18,19,20). The Balaban J connectivity index is 1.69. The van der Waals surface area contributed by atoms with Crippen LogP contribution >= 0.6 is 0 Å². The summed E-state index contributed by atoms with van der Waals surface area (Å²) >= 11 is 0. The first kappa shape index (κ1) is 16.9. The molecule has 0 unspecified atom stereocenters. The van der Waals surface area contributed by atoms with E-state index in [0.29, 0.717) is 12.8 Å². The first-order valence-electron chi connectivity index (χ1n) is 7.08. The first-order valence-corrected chi connectivity index (χ1v) is 7.08. The maximum atomic E-state index is 12.3. The highest BCUT2D eigenvalue weighted by Crippen LogP contribution is 2.25. The fourth-order valence-corrected chi connectivity index (χ4v) is 2.12. The number of H-pyrrole nitrogens is 1. The number of nitro benzene ring substituents is 1. The van der Waals surface area contributed by atoms with E-state index in [-0.39, 0.29) is 11.5 Å². The van der Waals surface area contributed by atoms with Crippen molar-refractivity contribution in [3.8, 4) is 0 Å². The van der Waals surface area contributed by atoms with E-state index in [1.54, 1.807) is 12.1 Å². The SMILES string of the molecule is O=[N+]([O-])c1ccc(CCCCCc2nc(C(F)(F)F)n[nH]2)cc1.